The second-order valence-corrected chi connectivity index (χ2v) is 4.51. The summed E-state index contributed by atoms with van der Waals surface area (Å²) in [5.74, 6) is -0.574. The first-order valence-corrected chi connectivity index (χ1v) is 4.65. The minimum absolute atomic E-state index is 0.304. The zero-order valence-corrected chi connectivity index (χ0v) is 7.31. The summed E-state index contributed by atoms with van der Waals surface area (Å²) in [6, 6.07) is 0. The molecule has 0 aliphatic heterocycles. The molecule has 0 heterocycles. The summed E-state index contributed by atoms with van der Waals surface area (Å²) in [4.78, 5) is 11.0. The average molecular weight is 167 g/mol. The fourth-order valence-electron chi connectivity index (χ4n) is 2.96. The molecule has 0 aromatic heterocycles. The molecule has 12 heavy (non-hydrogen) atoms. The Balaban J connectivity index is 2.23. The van der Waals surface area contributed by atoms with Crippen LogP contribution in [0.2, 0.25) is 0 Å². The molecule has 2 saturated carbocycles. The molecular weight excluding hydrogens is 152 g/mol. The maximum Gasteiger partial charge on any atom is 0.309 e. The normalized spacial score (nSPS) is 45.1. The highest BCUT2D eigenvalue weighted by Gasteiger charge is 2.57. The lowest BCUT2D eigenvalue weighted by Crippen LogP contribution is -2.25. The predicted molar refractivity (Wildman–Crippen MR) is 45.6 cm³/mol. The second kappa shape index (κ2) is 2.24. The standard InChI is InChI=1S/C10H15O2/c1-2-9-3-5-10(7-9,6-4-9)8(11)12/h1-7H2,(H,11,12). The van der Waals surface area contributed by atoms with E-state index in [0.29, 0.717) is 5.41 Å². The molecule has 0 amide bonds. The molecule has 2 aliphatic carbocycles. The summed E-state index contributed by atoms with van der Waals surface area (Å²) < 4.78 is 0. The Morgan fingerprint density at radius 2 is 1.92 bits per heavy atom. The van der Waals surface area contributed by atoms with Crippen molar-refractivity contribution in [1.29, 1.82) is 0 Å². The van der Waals surface area contributed by atoms with Crippen LogP contribution in [0.25, 0.3) is 0 Å². The fourth-order valence-corrected chi connectivity index (χ4v) is 2.96. The molecule has 0 saturated heterocycles. The second-order valence-electron chi connectivity index (χ2n) is 4.51. The summed E-state index contributed by atoms with van der Waals surface area (Å²) in [5.41, 5.74) is -0.0456. The lowest BCUT2D eigenvalue weighted by atomic mass is 9.81. The number of hydrogen-bond donors (Lipinski definition) is 1. The minimum Gasteiger partial charge on any atom is -0.481 e. The largest absolute Gasteiger partial charge is 0.481 e. The molecule has 0 unspecified atom stereocenters. The smallest absolute Gasteiger partial charge is 0.309 e. The maximum atomic E-state index is 11.0. The van der Waals surface area contributed by atoms with Crippen molar-refractivity contribution in [3.8, 4) is 0 Å². The Morgan fingerprint density at radius 1 is 1.33 bits per heavy atom. The van der Waals surface area contributed by atoms with Crippen molar-refractivity contribution in [2.45, 2.75) is 38.5 Å². The first-order valence-electron chi connectivity index (χ1n) is 4.65. The Kier molecular flexibility index (Phi) is 1.51. The van der Waals surface area contributed by atoms with Crippen molar-refractivity contribution in [2.75, 3.05) is 0 Å². The zero-order chi connectivity index (χ0) is 8.82. The van der Waals surface area contributed by atoms with E-state index in [9.17, 15) is 4.79 Å². The highest BCUT2D eigenvalue weighted by molar-refractivity contribution is 5.75. The van der Waals surface area contributed by atoms with E-state index in [-0.39, 0.29) is 5.41 Å². The topological polar surface area (TPSA) is 37.3 Å². The van der Waals surface area contributed by atoms with Crippen LogP contribution in [-0.2, 0) is 4.79 Å². The van der Waals surface area contributed by atoms with Crippen molar-refractivity contribution in [2.24, 2.45) is 10.8 Å². The number of aliphatic carboxylic acids is 1. The van der Waals surface area contributed by atoms with Crippen molar-refractivity contribution in [3.63, 3.8) is 0 Å². The van der Waals surface area contributed by atoms with E-state index >= 15 is 0 Å². The molecule has 67 valence electrons. The lowest BCUT2D eigenvalue weighted by molar-refractivity contribution is -0.148. The van der Waals surface area contributed by atoms with Crippen LogP contribution in [-0.4, -0.2) is 11.1 Å². The van der Waals surface area contributed by atoms with Gasteiger partial charge >= 0.3 is 5.97 Å². The molecular formula is C10H15O2. The van der Waals surface area contributed by atoms with Gasteiger partial charge < -0.3 is 5.11 Å². The van der Waals surface area contributed by atoms with Crippen molar-refractivity contribution in [1.82, 2.24) is 0 Å². The van der Waals surface area contributed by atoms with Crippen LogP contribution in [0.3, 0.4) is 0 Å². The van der Waals surface area contributed by atoms with Crippen molar-refractivity contribution >= 4 is 5.97 Å². The van der Waals surface area contributed by atoms with Gasteiger partial charge in [-0.3, -0.25) is 4.79 Å². The highest BCUT2D eigenvalue weighted by atomic mass is 16.4. The molecule has 2 bridgehead atoms. The summed E-state index contributed by atoms with van der Waals surface area (Å²) >= 11 is 0. The van der Waals surface area contributed by atoms with Gasteiger partial charge in [-0.1, -0.05) is 6.92 Å². The van der Waals surface area contributed by atoms with Gasteiger partial charge in [0.25, 0.3) is 0 Å². The molecule has 0 aromatic carbocycles. The molecule has 1 N–H and O–H groups in total. The summed E-state index contributed by atoms with van der Waals surface area (Å²) in [5, 5.41) is 9.08. The van der Waals surface area contributed by atoms with Gasteiger partial charge in [-0.05, 0) is 43.9 Å². The van der Waals surface area contributed by atoms with Gasteiger partial charge in [0.1, 0.15) is 0 Å². The van der Waals surface area contributed by atoms with Crippen LogP contribution < -0.4 is 0 Å². The number of fused-ring (bicyclic) bond motifs is 2. The van der Waals surface area contributed by atoms with Gasteiger partial charge in [-0.25, -0.2) is 0 Å². The quantitative estimate of drug-likeness (QED) is 0.684. The summed E-state index contributed by atoms with van der Waals surface area (Å²) in [7, 11) is 0. The average Bonchev–Trinajstić information content (AvgIpc) is 2.61. The number of carboxylic acids is 1. The van der Waals surface area contributed by atoms with Crippen LogP contribution in [0.1, 0.15) is 38.5 Å². The van der Waals surface area contributed by atoms with Gasteiger partial charge in [0.2, 0.25) is 0 Å². The van der Waals surface area contributed by atoms with Gasteiger partial charge in [-0.2, -0.15) is 0 Å². The molecule has 0 atom stereocenters. The molecule has 1 radical (unpaired) electrons. The maximum absolute atomic E-state index is 11.0. The van der Waals surface area contributed by atoms with Crippen LogP contribution >= 0.6 is 0 Å². The lowest BCUT2D eigenvalue weighted by Gasteiger charge is -2.24. The molecule has 2 nitrogen and oxygen atoms in total. The van der Waals surface area contributed by atoms with E-state index in [4.69, 9.17) is 5.11 Å². The van der Waals surface area contributed by atoms with E-state index < -0.39 is 5.97 Å². The number of carbonyl (C=O) groups is 1. The van der Waals surface area contributed by atoms with Crippen molar-refractivity contribution < 1.29 is 9.90 Å². The molecule has 2 rings (SSSR count). The monoisotopic (exact) mass is 167 g/mol. The SMILES string of the molecule is [CH2]CC12CCC(C(=O)O)(CC1)C2. The van der Waals surface area contributed by atoms with Crippen LogP contribution in [0.5, 0.6) is 0 Å². The molecule has 2 fully saturated rings. The van der Waals surface area contributed by atoms with E-state index in [0.717, 1.165) is 38.5 Å². The summed E-state index contributed by atoms with van der Waals surface area (Å²) in [6.07, 6.45) is 5.75. The molecule has 2 aliphatic rings. The van der Waals surface area contributed by atoms with Crippen LogP contribution in [0.4, 0.5) is 0 Å². The van der Waals surface area contributed by atoms with Gasteiger partial charge in [0.05, 0.1) is 5.41 Å². The third-order valence-corrected chi connectivity index (χ3v) is 3.97. The third kappa shape index (κ3) is 0.838. The van der Waals surface area contributed by atoms with E-state index in [2.05, 4.69) is 6.92 Å². The Hall–Kier alpha value is -0.530. The van der Waals surface area contributed by atoms with E-state index in [1.165, 1.54) is 0 Å². The predicted octanol–water partition coefficient (Wildman–Crippen LogP) is 2.25. The summed E-state index contributed by atoms with van der Waals surface area (Å²) in [6.45, 7) is 3.93. The fraction of sp³-hybridized carbons (Fsp3) is 0.800. The van der Waals surface area contributed by atoms with Gasteiger partial charge in [0, 0.05) is 0 Å². The van der Waals surface area contributed by atoms with Crippen LogP contribution in [0.15, 0.2) is 0 Å². The molecule has 2 heteroatoms. The molecule has 0 spiro atoms. The van der Waals surface area contributed by atoms with E-state index in [1.807, 2.05) is 0 Å². The van der Waals surface area contributed by atoms with Gasteiger partial charge in [0.15, 0.2) is 0 Å². The number of carboxylic acid groups (broad SMARTS) is 1. The first-order chi connectivity index (χ1) is 5.63. The highest BCUT2D eigenvalue weighted by Crippen LogP contribution is 2.62. The third-order valence-electron chi connectivity index (χ3n) is 3.97. The van der Waals surface area contributed by atoms with E-state index in [1.54, 1.807) is 0 Å². The Labute approximate surface area is 73.0 Å². The Bertz CT molecular complexity index is 212. The van der Waals surface area contributed by atoms with Gasteiger partial charge in [-0.15, -0.1) is 0 Å². The zero-order valence-electron chi connectivity index (χ0n) is 7.31. The first kappa shape index (κ1) is 8.09. The van der Waals surface area contributed by atoms with Crippen molar-refractivity contribution in [3.05, 3.63) is 6.92 Å². The Morgan fingerprint density at radius 3 is 2.17 bits per heavy atom. The molecule has 0 aromatic rings. The number of rotatable bonds is 2. The number of hydrogen-bond acceptors (Lipinski definition) is 1. The minimum atomic E-state index is -0.574. The van der Waals surface area contributed by atoms with Crippen LogP contribution in [0, 0.1) is 17.8 Å².